The van der Waals surface area contributed by atoms with Gasteiger partial charge in [0.15, 0.2) is 0 Å². The van der Waals surface area contributed by atoms with Crippen molar-refractivity contribution >= 4 is 46.4 Å². The highest BCUT2D eigenvalue weighted by atomic mass is 35.5. The van der Waals surface area contributed by atoms with E-state index in [1.165, 1.54) is 6.07 Å². The van der Waals surface area contributed by atoms with E-state index in [1.807, 2.05) is 0 Å². The van der Waals surface area contributed by atoms with E-state index >= 15 is 0 Å². The Morgan fingerprint density at radius 3 is 2.41 bits per heavy atom. The van der Waals surface area contributed by atoms with Crippen LogP contribution in [0.4, 0.5) is 0 Å². The molecule has 0 radical (unpaired) electrons. The molecule has 1 aromatic heterocycles. The van der Waals surface area contributed by atoms with Gasteiger partial charge in [-0.05, 0) is 23.7 Å². The van der Waals surface area contributed by atoms with Crippen LogP contribution in [0.1, 0.15) is 0 Å². The zero-order valence-corrected chi connectivity index (χ0v) is 11.0. The molecule has 0 aliphatic carbocycles. The van der Waals surface area contributed by atoms with E-state index in [2.05, 4.69) is 15.2 Å². The standard InChI is InChI=1S/C9H3Cl4N3O/c10-5-2-1-4(3-6(5)11)17-8-7(12)15-16-9(13)14-8/h1-3H. The SMILES string of the molecule is Clc1nnc(Cl)c(Oc2ccc(Cl)c(Cl)c2)n1. The minimum Gasteiger partial charge on any atom is -0.436 e. The number of halogens is 4. The van der Waals surface area contributed by atoms with Gasteiger partial charge in [0.2, 0.25) is 10.4 Å². The van der Waals surface area contributed by atoms with Crippen LogP contribution in [-0.2, 0) is 0 Å². The highest BCUT2D eigenvalue weighted by Crippen LogP contribution is 2.30. The van der Waals surface area contributed by atoms with Crippen molar-refractivity contribution in [1.29, 1.82) is 0 Å². The van der Waals surface area contributed by atoms with Gasteiger partial charge in [-0.15, -0.1) is 10.2 Å². The van der Waals surface area contributed by atoms with Crippen LogP contribution in [0.15, 0.2) is 18.2 Å². The lowest BCUT2D eigenvalue weighted by atomic mass is 10.3. The molecule has 0 N–H and O–H groups in total. The topological polar surface area (TPSA) is 47.9 Å². The zero-order valence-electron chi connectivity index (χ0n) is 7.99. The van der Waals surface area contributed by atoms with Crippen LogP contribution in [-0.4, -0.2) is 15.2 Å². The van der Waals surface area contributed by atoms with E-state index in [0.29, 0.717) is 15.8 Å². The van der Waals surface area contributed by atoms with E-state index in [0.717, 1.165) is 0 Å². The summed E-state index contributed by atoms with van der Waals surface area (Å²) in [6.45, 7) is 0. The largest absolute Gasteiger partial charge is 0.436 e. The van der Waals surface area contributed by atoms with Gasteiger partial charge in [-0.2, -0.15) is 4.98 Å². The first-order valence-corrected chi connectivity index (χ1v) is 5.76. The highest BCUT2D eigenvalue weighted by Gasteiger charge is 2.09. The normalized spacial score (nSPS) is 10.4. The fourth-order valence-corrected chi connectivity index (χ4v) is 1.52. The third-order valence-electron chi connectivity index (χ3n) is 1.70. The second-order valence-corrected chi connectivity index (χ2v) is 4.37. The first-order valence-electron chi connectivity index (χ1n) is 4.25. The molecule has 0 fully saturated rings. The lowest BCUT2D eigenvalue weighted by molar-refractivity contribution is 0.457. The Labute approximate surface area is 116 Å². The van der Waals surface area contributed by atoms with Crippen LogP contribution in [0.5, 0.6) is 11.6 Å². The number of rotatable bonds is 2. The zero-order chi connectivity index (χ0) is 12.4. The van der Waals surface area contributed by atoms with Gasteiger partial charge in [-0.1, -0.05) is 34.8 Å². The molecule has 0 atom stereocenters. The fourth-order valence-electron chi connectivity index (χ4n) is 0.997. The van der Waals surface area contributed by atoms with Gasteiger partial charge in [0.25, 0.3) is 5.88 Å². The van der Waals surface area contributed by atoms with Crippen LogP contribution in [0.3, 0.4) is 0 Å². The smallest absolute Gasteiger partial charge is 0.262 e. The van der Waals surface area contributed by atoms with Crippen molar-refractivity contribution < 1.29 is 4.74 Å². The monoisotopic (exact) mass is 309 g/mol. The highest BCUT2D eigenvalue weighted by molar-refractivity contribution is 6.42. The molecule has 88 valence electrons. The second-order valence-electron chi connectivity index (χ2n) is 2.85. The maximum atomic E-state index is 5.83. The molecule has 0 bridgehead atoms. The summed E-state index contributed by atoms with van der Waals surface area (Å²) < 4.78 is 5.35. The van der Waals surface area contributed by atoms with Crippen LogP contribution in [0, 0.1) is 0 Å². The molecule has 4 nitrogen and oxygen atoms in total. The molecule has 1 heterocycles. The third kappa shape index (κ3) is 3.10. The first-order chi connectivity index (χ1) is 8.06. The summed E-state index contributed by atoms with van der Waals surface area (Å²) in [7, 11) is 0. The van der Waals surface area contributed by atoms with Gasteiger partial charge in [-0.25, -0.2) is 0 Å². The average molecular weight is 311 g/mol. The minimum absolute atomic E-state index is 0.000437. The molecule has 8 heteroatoms. The maximum absolute atomic E-state index is 5.83. The second kappa shape index (κ2) is 5.23. The van der Waals surface area contributed by atoms with E-state index in [-0.39, 0.29) is 16.3 Å². The van der Waals surface area contributed by atoms with Crippen LogP contribution >= 0.6 is 46.4 Å². The molecule has 1 aromatic carbocycles. The predicted octanol–water partition coefficient (Wildman–Crippen LogP) is 4.28. The molecule has 0 aliphatic rings. The van der Waals surface area contributed by atoms with Gasteiger partial charge in [0.1, 0.15) is 5.75 Å². The predicted molar refractivity (Wildman–Crippen MR) is 66.4 cm³/mol. The summed E-state index contributed by atoms with van der Waals surface area (Å²) in [6.07, 6.45) is 0. The Morgan fingerprint density at radius 2 is 1.71 bits per heavy atom. The summed E-state index contributed by atoms with van der Waals surface area (Å²) in [4.78, 5) is 3.78. The van der Waals surface area contributed by atoms with E-state index in [1.54, 1.807) is 12.1 Å². The maximum Gasteiger partial charge on any atom is 0.262 e. The molecule has 0 saturated heterocycles. The lowest BCUT2D eigenvalue weighted by Gasteiger charge is -2.06. The number of aromatic nitrogens is 3. The van der Waals surface area contributed by atoms with E-state index in [4.69, 9.17) is 51.1 Å². The Bertz CT molecular complexity index is 564. The third-order valence-corrected chi connectivity index (χ3v) is 2.83. The van der Waals surface area contributed by atoms with Gasteiger partial charge in [0.05, 0.1) is 10.0 Å². The molecule has 17 heavy (non-hydrogen) atoms. The lowest BCUT2D eigenvalue weighted by Crippen LogP contribution is -1.94. The molecule has 0 saturated carbocycles. The summed E-state index contributed by atoms with van der Waals surface area (Å²) in [5.74, 6) is 0.461. The average Bonchev–Trinajstić information content (AvgIpc) is 2.29. The number of ether oxygens (including phenoxy) is 1. The summed E-state index contributed by atoms with van der Waals surface area (Å²) in [5, 5.41) is 7.72. The van der Waals surface area contributed by atoms with E-state index in [9.17, 15) is 0 Å². The Hall–Kier alpha value is -0.810. The summed E-state index contributed by atoms with van der Waals surface area (Å²) >= 11 is 22.9. The molecule has 0 unspecified atom stereocenters. The van der Waals surface area contributed by atoms with Crippen LogP contribution < -0.4 is 4.74 Å². The Kier molecular flexibility index (Phi) is 3.89. The van der Waals surface area contributed by atoms with Gasteiger partial charge in [0, 0.05) is 6.07 Å². The molecule has 2 aromatic rings. The van der Waals surface area contributed by atoms with Gasteiger partial charge < -0.3 is 4.74 Å². The van der Waals surface area contributed by atoms with Crippen LogP contribution in [0.2, 0.25) is 20.5 Å². The van der Waals surface area contributed by atoms with Gasteiger partial charge >= 0.3 is 0 Å². The number of hydrogen-bond donors (Lipinski definition) is 0. The van der Waals surface area contributed by atoms with Crippen molar-refractivity contribution in [3.63, 3.8) is 0 Å². The number of hydrogen-bond acceptors (Lipinski definition) is 4. The fraction of sp³-hybridized carbons (Fsp3) is 0. The van der Waals surface area contributed by atoms with Crippen molar-refractivity contribution in [1.82, 2.24) is 15.2 Å². The van der Waals surface area contributed by atoms with Crippen molar-refractivity contribution in [3.05, 3.63) is 38.7 Å². The minimum atomic E-state index is -0.0653. The molecular weight excluding hydrogens is 308 g/mol. The Balaban J connectivity index is 2.31. The molecule has 2 rings (SSSR count). The van der Waals surface area contributed by atoms with Crippen LogP contribution in [0.25, 0.3) is 0 Å². The molecule has 0 amide bonds. The first kappa shape index (κ1) is 12.6. The van der Waals surface area contributed by atoms with Crippen molar-refractivity contribution in [2.75, 3.05) is 0 Å². The molecule has 0 spiro atoms. The quantitative estimate of drug-likeness (QED) is 0.830. The summed E-state index contributed by atoms with van der Waals surface area (Å²) in [6, 6.07) is 4.72. The van der Waals surface area contributed by atoms with E-state index < -0.39 is 0 Å². The Morgan fingerprint density at radius 1 is 0.941 bits per heavy atom. The van der Waals surface area contributed by atoms with Gasteiger partial charge in [-0.3, -0.25) is 0 Å². The number of nitrogens with zero attached hydrogens (tertiary/aromatic N) is 3. The number of benzene rings is 1. The van der Waals surface area contributed by atoms with Crippen molar-refractivity contribution in [3.8, 4) is 11.6 Å². The summed E-state index contributed by atoms with van der Waals surface area (Å²) in [5.41, 5.74) is 0. The van der Waals surface area contributed by atoms with Crippen molar-refractivity contribution in [2.24, 2.45) is 0 Å². The van der Waals surface area contributed by atoms with Crippen molar-refractivity contribution in [2.45, 2.75) is 0 Å². The molecular formula is C9H3Cl4N3O. The molecule has 0 aliphatic heterocycles.